The Hall–Kier alpha value is -1.06. The summed E-state index contributed by atoms with van der Waals surface area (Å²) in [6.07, 6.45) is 1.73. The van der Waals surface area contributed by atoms with Gasteiger partial charge in [-0.3, -0.25) is 4.98 Å². The van der Waals surface area contributed by atoms with Gasteiger partial charge in [-0.2, -0.15) is 0 Å². The van der Waals surface area contributed by atoms with Gasteiger partial charge in [0.25, 0.3) is 0 Å². The van der Waals surface area contributed by atoms with Crippen molar-refractivity contribution >= 4 is 27.5 Å². The number of rotatable bonds is 2. The van der Waals surface area contributed by atoms with E-state index >= 15 is 0 Å². The van der Waals surface area contributed by atoms with Gasteiger partial charge in [-0.05, 0) is 37.3 Å². The minimum atomic E-state index is 0.567. The molecule has 16 heavy (non-hydrogen) atoms. The van der Waals surface area contributed by atoms with E-state index < -0.39 is 0 Å². The number of benzene rings is 1. The maximum absolute atomic E-state index is 6.06. The van der Waals surface area contributed by atoms with Crippen LogP contribution < -0.4 is 4.74 Å². The molecule has 1 aromatic heterocycles. The molecule has 1 heterocycles. The van der Waals surface area contributed by atoms with E-state index in [1.807, 2.05) is 31.2 Å². The second-order valence-corrected chi connectivity index (χ2v) is 4.59. The van der Waals surface area contributed by atoms with Gasteiger partial charge in [-0.15, -0.1) is 0 Å². The van der Waals surface area contributed by atoms with Crippen molar-refractivity contribution in [2.45, 2.75) is 6.92 Å². The van der Waals surface area contributed by atoms with Gasteiger partial charge in [-0.1, -0.05) is 27.5 Å². The maximum Gasteiger partial charge on any atom is 0.148 e. The van der Waals surface area contributed by atoms with Crippen LogP contribution in [0.3, 0.4) is 0 Å². The Bertz CT molecular complexity index is 516. The van der Waals surface area contributed by atoms with Crippen LogP contribution in [0.5, 0.6) is 11.5 Å². The lowest BCUT2D eigenvalue weighted by atomic mass is 10.3. The average Bonchev–Trinajstić information content (AvgIpc) is 2.25. The van der Waals surface area contributed by atoms with Crippen LogP contribution in [-0.4, -0.2) is 4.98 Å². The first-order valence-corrected chi connectivity index (χ1v) is 5.88. The van der Waals surface area contributed by atoms with Crippen molar-refractivity contribution < 1.29 is 4.74 Å². The van der Waals surface area contributed by atoms with Crippen LogP contribution in [0.4, 0.5) is 0 Å². The summed E-state index contributed by atoms with van der Waals surface area (Å²) >= 11 is 9.40. The van der Waals surface area contributed by atoms with Crippen molar-refractivity contribution in [3.05, 3.63) is 51.7 Å². The Morgan fingerprint density at radius 1 is 1.25 bits per heavy atom. The SMILES string of the molecule is Cc1ncccc1Oc1ccc(Br)cc1Cl. The molecular formula is C12H9BrClNO. The van der Waals surface area contributed by atoms with E-state index in [4.69, 9.17) is 16.3 Å². The van der Waals surface area contributed by atoms with Crippen LogP contribution in [-0.2, 0) is 0 Å². The molecule has 0 saturated heterocycles. The van der Waals surface area contributed by atoms with Gasteiger partial charge in [0.2, 0.25) is 0 Å². The van der Waals surface area contributed by atoms with Gasteiger partial charge in [0, 0.05) is 10.7 Å². The Balaban J connectivity index is 2.31. The molecule has 2 rings (SSSR count). The number of aryl methyl sites for hydroxylation is 1. The molecule has 0 fully saturated rings. The molecule has 1 aromatic carbocycles. The smallest absolute Gasteiger partial charge is 0.148 e. The van der Waals surface area contributed by atoms with Gasteiger partial charge in [-0.25, -0.2) is 0 Å². The summed E-state index contributed by atoms with van der Waals surface area (Å²) in [4.78, 5) is 4.15. The Kier molecular flexibility index (Phi) is 3.46. The molecule has 0 N–H and O–H groups in total. The molecule has 0 unspecified atom stereocenters. The van der Waals surface area contributed by atoms with E-state index in [0.29, 0.717) is 16.5 Å². The summed E-state index contributed by atoms with van der Waals surface area (Å²) < 4.78 is 6.60. The van der Waals surface area contributed by atoms with Crippen LogP contribution in [0, 0.1) is 6.92 Å². The van der Waals surface area contributed by atoms with Crippen LogP contribution in [0.2, 0.25) is 5.02 Å². The second kappa shape index (κ2) is 4.85. The standard InChI is InChI=1S/C12H9BrClNO/c1-8-11(3-2-6-15-8)16-12-5-4-9(13)7-10(12)14/h2-7H,1H3. The van der Waals surface area contributed by atoms with Crippen LogP contribution in [0.15, 0.2) is 41.0 Å². The fraction of sp³-hybridized carbons (Fsp3) is 0.0833. The number of hydrogen-bond acceptors (Lipinski definition) is 2. The van der Waals surface area contributed by atoms with Gasteiger partial charge in [0.15, 0.2) is 0 Å². The first-order valence-electron chi connectivity index (χ1n) is 4.71. The van der Waals surface area contributed by atoms with Crippen molar-refractivity contribution in [1.82, 2.24) is 4.98 Å². The third-order valence-electron chi connectivity index (χ3n) is 2.07. The number of hydrogen-bond donors (Lipinski definition) is 0. The third-order valence-corrected chi connectivity index (χ3v) is 2.86. The summed E-state index contributed by atoms with van der Waals surface area (Å²) in [5, 5.41) is 0.567. The van der Waals surface area contributed by atoms with Crippen molar-refractivity contribution in [3.8, 4) is 11.5 Å². The Morgan fingerprint density at radius 3 is 2.75 bits per heavy atom. The monoisotopic (exact) mass is 297 g/mol. The van der Waals surface area contributed by atoms with E-state index in [1.165, 1.54) is 0 Å². The zero-order valence-electron chi connectivity index (χ0n) is 8.58. The summed E-state index contributed by atoms with van der Waals surface area (Å²) in [6, 6.07) is 9.18. The lowest BCUT2D eigenvalue weighted by molar-refractivity contribution is 0.476. The molecule has 0 atom stereocenters. The number of ether oxygens (including phenoxy) is 1. The van der Waals surface area contributed by atoms with Gasteiger partial charge < -0.3 is 4.74 Å². The minimum absolute atomic E-state index is 0.567. The molecule has 0 saturated carbocycles. The van der Waals surface area contributed by atoms with E-state index in [9.17, 15) is 0 Å². The molecule has 0 amide bonds. The highest BCUT2D eigenvalue weighted by Gasteiger charge is 2.05. The molecule has 82 valence electrons. The summed E-state index contributed by atoms with van der Waals surface area (Å²) in [6.45, 7) is 1.89. The molecule has 0 aliphatic heterocycles. The highest BCUT2D eigenvalue weighted by Crippen LogP contribution is 2.32. The van der Waals surface area contributed by atoms with Crippen LogP contribution in [0.25, 0.3) is 0 Å². The summed E-state index contributed by atoms with van der Waals surface area (Å²) in [5.41, 5.74) is 0.835. The zero-order chi connectivity index (χ0) is 11.5. The second-order valence-electron chi connectivity index (χ2n) is 3.26. The van der Waals surface area contributed by atoms with E-state index in [0.717, 1.165) is 10.2 Å². The zero-order valence-corrected chi connectivity index (χ0v) is 10.9. The Labute approximate surface area is 107 Å². The van der Waals surface area contributed by atoms with Crippen molar-refractivity contribution in [2.75, 3.05) is 0 Å². The maximum atomic E-state index is 6.06. The third kappa shape index (κ3) is 2.54. The average molecular weight is 299 g/mol. The molecule has 0 aliphatic rings. The van der Waals surface area contributed by atoms with Gasteiger partial charge in [0.05, 0.1) is 10.7 Å². The molecular weight excluding hydrogens is 289 g/mol. The van der Waals surface area contributed by atoms with E-state index in [-0.39, 0.29) is 0 Å². The predicted octanol–water partition coefficient (Wildman–Crippen LogP) is 4.60. The van der Waals surface area contributed by atoms with E-state index in [2.05, 4.69) is 20.9 Å². The van der Waals surface area contributed by atoms with E-state index in [1.54, 1.807) is 12.3 Å². The highest BCUT2D eigenvalue weighted by molar-refractivity contribution is 9.10. The highest BCUT2D eigenvalue weighted by atomic mass is 79.9. The fourth-order valence-electron chi connectivity index (χ4n) is 1.25. The normalized spacial score (nSPS) is 10.2. The fourth-order valence-corrected chi connectivity index (χ4v) is 1.97. The van der Waals surface area contributed by atoms with Crippen molar-refractivity contribution in [3.63, 3.8) is 0 Å². The quantitative estimate of drug-likeness (QED) is 0.808. The molecule has 0 aliphatic carbocycles. The minimum Gasteiger partial charge on any atom is -0.454 e. The summed E-state index contributed by atoms with van der Waals surface area (Å²) in [7, 11) is 0. The molecule has 2 nitrogen and oxygen atoms in total. The van der Waals surface area contributed by atoms with Gasteiger partial charge in [0.1, 0.15) is 11.5 Å². The first kappa shape index (κ1) is 11.4. The van der Waals surface area contributed by atoms with Gasteiger partial charge >= 0.3 is 0 Å². The number of aromatic nitrogens is 1. The van der Waals surface area contributed by atoms with Crippen LogP contribution in [0.1, 0.15) is 5.69 Å². The molecule has 4 heteroatoms. The predicted molar refractivity (Wildman–Crippen MR) is 68.2 cm³/mol. The van der Waals surface area contributed by atoms with Crippen molar-refractivity contribution in [2.24, 2.45) is 0 Å². The van der Waals surface area contributed by atoms with Crippen LogP contribution >= 0.6 is 27.5 Å². The molecule has 0 bridgehead atoms. The number of nitrogens with zero attached hydrogens (tertiary/aromatic N) is 1. The summed E-state index contributed by atoms with van der Waals surface area (Å²) in [5.74, 6) is 1.34. The molecule has 0 spiro atoms. The number of pyridine rings is 1. The lowest BCUT2D eigenvalue weighted by Gasteiger charge is -2.09. The first-order chi connectivity index (χ1) is 7.66. The topological polar surface area (TPSA) is 22.1 Å². The van der Waals surface area contributed by atoms with Crippen molar-refractivity contribution in [1.29, 1.82) is 0 Å². The Morgan fingerprint density at radius 2 is 2.06 bits per heavy atom. The molecule has 0 radical (unpaired) electrons. The largest absolute Gasteiger partial charge is 0.454 e. The lowest BCUT2D eigenvalue weighted by Crippen LogP contribution is -1.90. The number of halogens is 2. The molecule has 2 aromatic rings.